The van der Waals surface area contributed by atoms with E-state index in [1.54, 1.807) is 0 Å². The van der Waals surface area contributed by atoms with Gasteiger partial charge in [0.2, 0.25) is 5.91 Å². The van der Waals surface area contributed by atoms with Crippen LogP contribution in [0.25, 0.3) is 0 Å². The number of carbonyl (C=O) groups is 1. The second-order valence-electron chi connectivity index (χ2n) is 4.47. The minimum atomic E-state index is -0.243. The van der Waals surface area contributed by atoms with E-state index in [9.17, 15) is 4.79 Å². The number of aryl methyl sites for hydroxylation is 2. The largest absolute Gasteiger partial charge is 0.352 e. The monoisotopic (exact) mass is 223 g/mol. The lowest BCUT2D eigenvalue weighted by Gasteiger charge is -2.20. The first-order chi connectivity index (χ1) is 7.41. The molecule has 1 rings (SSSR count). The van der Waals surface area contributed by atoms with Crippen LogP contribution in [0, 0.1) is 13.8 Å². The number of aromatic nitrogens is 1. The zero-order valence-electron chi connectivity index (χ0n) is 10.7. The van der Waals surface area contributed by atoms with Crippen LogP contribution in [-0.4, -0.2) is 22.7 Å². The summed E-state index contributed by atoms with van der Waals surface area (Å²) in [6.45, 7) is 9.78. The lowest BCUT2D eigenvalue weighted by Crippen LogP contribution is -2.43. The molecule has 1 aromatic heterocycles. The van der Waals surface area contributed by atoms with Crippen molar-refractivity contribution in [1.82, 2.24) is 9.99 Å². The molecule has 0 saturated carbocycles. The standard InChI is InChI=1S/C12H21N3O/c1-8(2)13-12(16)11(5)14-15-9(3)6-7-10(15)4/h6-8,11,14H,1-5H3,(H,13,16). The number of amides is 1. The number of nitrogens with zero attached hydrogens (tertiary/aromatic N) is 1. The van der Waals surface area contributed by atoms with Gasteiger partial charge in [-0.1, -0.05) is 0 Å². The molecule has 4 nitrogen and oxygen atoms in total. The van der Waals surface area contributed by atoms with Crippen molar-refractivity contribution in [2.75, 3.05) is 5.43 Å². The number of carbonyl (C=O) groups excluding carboxylic acids is 1. The van der Waals surface area contributed by atoms with E-state index in [2.05, 4.69) is 10.7 Å². The van der Waals surface area contributed by atoms with Crippen LogP contribution in [0.4, 0.5) is 0 Å². The fraction of sp³-hybridized carbons (Fsp3) is 0.583. The molecule has 0 spiro atoms. The molecular formula is C12H21N3O. The third-order valence-electron chi connectivity index (χ3n) is 2.42. The Kier molecular flexibility index (Phi) is 3.99. The Morgan fingerprint density at radius 1 is 1.19 bits per heavy atom. The quantitative estimate of drug-likeness (QED) is 0.813. The van der Waals surface area contributed by atoms with Gasteiger partial charge in [-0.05, 0) is 46.8 Å². The molecule has 1 amide bonds. The van der Waals surface area contributed by atoms with Gasteiger partial charge in [0.15, 0.2) is 0 Å². The molecule has 1 unspecified atom stereocenters. The molecule has 0 aromatic carbocycles. The van der Waals surface area contributed by atoms with Crippen LogP contribution in [0.2, 0.25) is 0 Å². The summed E-state index contributed by atoms with van der Waals surface area (Å²) in [7, 11) is 0. The summed E-state index contributed by atoms with van der Waals surface area (Å²) in [6, 6.07) is 3.97. The van der Waals surface area contributed by atoms with Gasteiger partial charge in [0.1, 0.15) is 6.04 Å². The van der Waals surface area contributed by atoms with E-state index >= 15 is 0 Å². The Morgan fingerprint density at radius 2 is 1.69 bits per heavy atom. The first-order valence-corrected chi connectivity index (χ1v) is 5.63. The molecule has 0 radical (unpaired) electrons. The van der Waals surface area contributed by atoms with E-state index < -0.39 is 0 Å². The third kappa shape index (κ3) is 3.02. The highest BCUT2D eigenvalue weighted by Gasteiger charge is 2.14. The Labute approximate surface area is 97.0 Å². The van der Waals surface area contributed by atoms with Crippen molar-refractivity contribution in [1.29, 1.82) is 0 Å². The van der Waals surface area contributed by atoms with E-state index in [-0.39, 0.29) is 18.0 Å². The van der Waals surface area contributed by atoms with Crippen molar-refractivity contribution in [3.63, 3.8) is 0 Å². The van der Waals surface area contributed by atoms with Crippen LogP contribution < -0.4 is 10.7 Å². The normalized spacial score (nSPS) is 12.6. The van der Waals surface area contributed by atoms with E-state index in [0.29, 0.717) is 0 Å². The smallest absolute Gasteiger partial charge is 0.243 e. The first-order valence-electron chi connectivity index (χ1n) is 5.63. The van der Waals surface area contributed by atoms with Gasteiger partial charge >= 0.3 is 0 Å². The highest BCUT2D eigenvalue weighted by Crippen LogP contribution is 2.05. The van der Waals surface area contributed by atoms with E-state index in [1.807, 2.05) is 51.4 Å². The molecule has 4 heteroatoms. The van der Waals surface area contributed by atoms with Crippen LogP contribution in [0.1, 0.15) is 32.2 Å². The summed E-state index contributed by atoms with van der Waals surface area (Å²) in [5, 5.41) is 2.88. The molecule has 0 aliphatic rings. The average molecular weight is 223 g/mol. The van der Waals surface area contributed by atoms with Gasteiger partial charge in [0, 0.05) is 17.4 Å². The van der Waals surface area contributed by atoms with Crippen molar-refractivity contribution in [2.45, 2.75) is 46.7 Å². The molecule has 16 heavy (non-hydrogen) atoms. The summed E-state index contributed by atoms with van der Waals surface area (Å²) in [4.78, 5) is 11.7. The van der Waals surface area contributed by atoms with Crippen molar-refractivity contribution in [3.05, 3.63) is 23.5 Å². The fourth-order valence-electron chi connectivity index (χ4n) is 1.53. The Morgan fingerprint density at radius 3 is 2.12 bits per heavy atom. The topological polar surface area (TPSA) is 46.1 Å². The number of hydrogen-bond donors (Lipinski definition) is 2. The van der Waals surface area contributed by atoms with Crippen LogP contribution in [0.3, 0.4) is 0 Å². The van der Waals surface area contributed by atoms with Crippen molar-refractivity contribution >= 4 is 5.91 Å². The maximum Gasteiger partial charge on any atom is 0.243 e. The summed E-state index contributed by atoms with van der Waals surface area (Å²) in [5.41, 5.74) is 5.37. The second kappa shape index (κ2) is 5.05. The molecule has 1 aromatic rings. The van der Waals surface area contributed by atoms with E-state index in [4.69, 9.17) is 0 Å². The predicted molar refractivity (Wildman–Crippen MR) is 66.0 cm³/mol. The van der Waals surface area contributed by atoms with Crippen LogP contribution in [-0.2, 0) is 4.79 Å². The van der Waals surface area contributed by atoms with Crippen molar-refractivity contribution in [2.24, 2.45) is 0 Å². The van der Waals surface area contributed by atoms with Gasteiger partial charge < -0.3 is 10.7 Å². The molecule has 1 heterocycles. The van der Waals surface area contributed by atoms with Crippen LogP contribution >= 0.6 is 0 Å². The fourth-order valence-corrected chi connectivity index (χ4v) is 1.53. The highest BCUT2D eigenvalue weighted by atomic mass is 16.2. The van der Waals surface area contributed by atoms with Gasteiger partial charge in [-0.3, -0.25) is 9.47 Å². The zero-order chi connectivity index (χ0) is 12.3. The Balaban J connectivity index is 2.64. The summed E-state index contributed by atoms with van der Waals surface area (Å²) in [6.07, 6.45) is 0. The molecule has 1 atom stereocenters. The predicted octanol–water partition coefficient (Wildman–Crippen LogP) is 1.56. The minimum absolute atomic E-state index is 0.0162. The molecule has 0 aliphatic carbocycles. The molecule has 0 fully saturated rings. The van der Waals surface area contributed by atoms with Crippen LogP contribution in [0.5, 0.6) is 0 Å². The van der Waals surface area contributed by atoms with Gasteiger partial charge in [-0.2, -0.15) is 0 Å². The molecule has 0 bridgehead atoms. The van der Waals surface area contributed by atoms with E-state index in [0.717, 1.165) is 11.4 Å². The molecule has 0 aliphatic heterocycles. The molecule has 2 N–H and O–H groups in total. The maximum absolute atomic E-state index is 11.7. The van der Waals surface area contributed by atoms with Gasteiger partial charge in [-0.15, -0.1) is 0 Å². The Bertz CT molecular complexity index is 349. The molecule has 90 valence electrons. The highest BCUT2D eigenvalue weighted by molar-refractivity contribution is 5.82. The zero-order valence-corrected chi connectivity index (χ0v) is 10.7. The number of rotatable bonds is 4. The minimum Gasteiger partial charge on any atom is -0.352 e. The van der Waals surface area contributed by atoms with Crippen LogP contribution in [0.15, 0.2) is 12.1 Å². The summed E-state index contributed by atoms with van der Waals surface area (Å²) < 4.78 is 1.94. The lowest BCUT2D eigenvalue weighted by molar-refractivity contribution is -0.122. The molecular weight excluding hydrogens is 202 g/mol. The summed E-state index contributed by atoms with van der Waals surface area (Å²) in [5.74, 6) is 0.0162. The number of hydrogen-bond acceptors (Lipinski definition) is 2. The van der Waals surface area contributed by atoms with E-state index in [1.165, 1.54) is 0 Å². The van der Waals surface area contributed by atoms with Crippen molar-refractivity contribution < 1.29 is 4.79 Å². The first kappa shape index (κ1) is 12.6. The van der Waals surface area contributed by atoms with Crippen molar-refractivity contribution in [3.8, 4) is 0 Å². The summed E-state index contributed by atoms with van der Waals surface area (Å²) >= 11 is 0. The average Bonchev–Trinajstić information content (AvgIpc) is 2.48. The second-order valence-corrected chi connectivity index (χ2v) is 4.47. The SMILES string of the molecule is Cc1ccc(C)n1NC(C)C(=O)NC(C)C. The molecule has 0 saturated heterocycles. The maximum atomic E-state index is 11.7. The lowest BCUT2D eigenvalue weighted by atomic mass is 10.3. The van der Waals surface area contributed by atoms with Gasteiger partial charge in [0.05, 0.1) is 0 Å². The number of nitrogens with one attached hydrogen (secondary N) is 2. The Hall–Kier alpha value is -1.45. The third-order valence-corrected chi connectivity index (χ3v) is 2.42. The van der Waals surface area contributed by atoms with Gasteiger partial charge in [0.25, 0.3) is 0 Å². The van der Waals surface area contributed by atoms with Gasteiger partial charge in [-0.25, -0.2) is 0 Å².